The fourth-order valence-electron chi connectivity index (χ4n) is 3.81. The van der Waals surface area contributed by atoms with Crippen molar-refractivity contribution in [2.24, 2.45) is 0 Å². The predicted molar refractivity (Wildman–Crippen MR) is 122 cm³/mol. The number of rotatable bonds is 8. The monoisotopic (exact) mass is 464 g/mol. The van der Waals surface area contributed by atoms with Gasteiger partial charge in [0.15, 0.2) is 0 Å². The van der Waals surface area contributed by atoms with E-state index < -0.39 is 10.0 Å². The summed E-state index contributed by atoms with van der Waals surface area (Å²) in [6.07, 6.45) is 7.57. The molecule has 2 aromatic carbocycles. The van der Waals surface area contributed by atoms with Gasteiger partial charge in [0.1, 0.15) is 0 Å². The van der Waals surface area contributed by atoms with Crippen molar-refractivity contribution in [1.82, 2.24) is 5.32 Å². The number of hydrogen-bond donors (Lipinski definition) is 1. The van der Waals surface area contributed by atoms with Crippen LogP contribution in [0.2, 0.25) is 5.02 Å². The van der Waals surface area contributed by atoms with E-state index in [2.05, 4.69) is 12.2 Å². The molecule has 1 aliphatic heterocycles. The molecule has 0 fully saturated rings. The van der Waals surface area contributed by atoms with Crippen LogP contribution in [0.15, 0.2) is 47.4 Å². The summed E-state index contributed by atoms with van der Waals surface area (Å²) in [7, 11) is -2.02. The number of carbonyl (C=O) groups excluding carboxylic acids is 2. The largest absolute Gasteiger partial charge is 0.373 e. The average molecular weight is 465 g/mol. The Morgan fingerprint density at radius 1 is 1.00 bits per heavy atom. The Labute approximate surface area is 189 Å². The van der Waals surface area contributed by atoms with Crippen LogP contribution in [0.5, 0.6) is 0 Å². The maximum atomic E-state index is 13.2. The van der Waals surface area contributed by atoms with E-state index in [4.69, 9.17) is 21.2 Å². The van der Waals surface area contributed by atoms with Crippen molar-refractivity contribution in [3.05, 3.63) is 58.6 Å². The Morgan fingerprint density at radius 2 is 1.65 bits per heavy atom. The van der Waals surface area contributed by atoms with Gasteiger partial charge in [-0.15, -0.1) is 0 Å². The lowest BCUT2D eigenvalue weighted by molar-refractivity contribution is -0.191. The van der Waals surface area contributed by atoms with Gasteiger partial charge < -0.3 is 5.32 Å². The molecule has 1 atom stereocenters. The van der Waals surface area contributed by atoms with Gasteiger partial charge in [0.2, 0.25) is 0 Å². The van der Waals surface area contributed by atoms with Crippen LogP contribution in [0, 0.1) is 0 Å². The van der Waals surface area contributed by atoms with E-state index in [0.717, 1.165) is 24.1 Å². The normalized spacial score (nSPS) is 16.2. The number of unbranched alkanes of at least 4 members (excludes halogenated alkanes) is 5. The van der Waals surface area contributed by atoms with Crippen molar-refractivity contribution in [3.8, 4) is 0 Å². The first-order chi connectivity index (χ1) is 14.9. The standard InChI is InChI=1S/C22H29ClN2O2S.CO2/c1-3-4-5-6-7-10-15-24-22-18-11-8-9-12-20(18)25(2)28(26,27)21-14-13-17(23)16-19(21)22;2-1-3/h8-9,11-14,16,22,24H,3-7,10,15H2,1-2H3;. The van der Waals surface area contributed by atoms with Crippen LogP contribution >= 0.6 is 11.6 Å². The van der Waals surface area contributed by atoms with Crippen LogP contribution in [0.3, 0.4) is 0 Å². The summed E-state index contributed by atoms with van der Waals surface area (Å²) in [6, 6.07) is 12.5. The molecule has 1 N–H and O–H groups in total. The highest BCUT2D eigenvalue weighted by atomic mass is 35.5. The van der Waals surface area contributed by atoms with E-state index in [1.54, 1.807) is 25.2 Å². The summed E-state index contributed by atoms with van der Waals surface area (Å²) < 4.78 is 27.7. The van der Waals surface area contributed by atoms with Crippen LogP contribution < -0.4 is 9.62 Å². The summed E-state index contributed by atoms with van der Waals surface area (Å²) in [5, 5.41) is 4.14. The summed E-state index contributed by atoms with van der Waals surface area (Å²) in [4.78, 5) is 16.6. The maximum Gasteiger partial charge on any atom is 0.373 e. The molecule has 168 valence electrons. The fourth-order valence-corrected chi connectivity index (χ4v) is 5.43. The van der Waals surface area contributed by atoms with E-state index in [1.807, 2.05) is 24.3 Å². The molecule has 0 radical (unpaired) electrons. The molecule has 31 heavy (non-hydrogen) atoms. The minimum Gasteiger partial charge on any atom is -0.306 e. The topological polar surface area (TPSA) is 83.6 Å². The van der Waals surface area contributed by atoms with Gasteiger partial charge in [0.05, 0.1) is 16.6 Å². The zero-order chi connectivity index (χ0) is 22.9. The van der Waals surface area contributed by atoms with Crippen molar-refractivity contribution in [2.75, 3.05) is 17.9 Å². The first-order valence-corrected chi connectivity index (χ1v) is 12.3. The SMILES string of the molecule is CCCCCCCCNC1c2ccccc2N(C)S(=O)(=O)c2ccc(Cl)cc21.O=C=O. The summed E-state index contributed by atoms with van der Waals surface area (Å²) >= 11 is 6.25. The zero-order valence-electron chi connectivity index (χ0n) is 17.9. The molecule has 6 nitrogen and oxygen atoms in total. The maximum absolute atomic E-state index is 13.2. The van der Waals surface area contributed by atoms with Crippen molar-refractivity contribution >= 4 is 33.5 Å². The quantitative estimate of drug-likeness (QED) is 0.559. The molecular formula is C23H29ClN2O4S. The van der Waals surface area contributed by atoms with Crippen molar-refractivity contribution < 1.29 is 18.0 Å². The first kappa shape index (κ1) is 25.1. The zero-order valence-corrected chi connectivity index (χ0v) is 19.5. The van der Waals surface area contributed by atoms with Crippen molar-refractivity contribution in [3.63, 3.8) is 0 Å². The van der Waals surface area contributed by atoms with E-state index in [-0.39, 0.29) is 12.2 Å². The van der Waals surface area contributed by atoms with Gasteiger partial charge in [-0.1, -0.05) is 68.8 Å². The third kappa shape index (κ3) is 6.17. The number of hydrogen-bond acceptors (Lipinski definition) is 5. The predicted octanol–water partition coefficient (Wildman–Crippen LogP) is 4.93. The van der Waals surface area contributed by atoms with Crippen LogP contribution in [-0.4, -0.2) is 28.2 Å². The molecule has 0 bridgehead atoms. The minimum absolute atomic E-state index is 0.208. The van der Waals surface area contributed by atoms with Gasteiger partial charge in [-0.2, -0.15) is 9.59 Å². The van der Waals surface area contributed by atoms with Gasteiger partial charge in [-0.25, -0.2) is 8.42 Å². The Balaban J connectivity index is 0.00000107. The number of anilines is 1. The van der Waals surface area contributed by atoms with E-state index in [9.17, 15) is 8.42 Å². The number of nitrogens with one attached hydrogen (secondary N) is 1. The number of halogens is 1. The lowest BCUT2D eigenvalue weighted by Gasteiger charge is -2.22. The molecule has 2 aromatic rings. The number of para-hydroxylation sites is 1. The second-order valence-electron chi connectivity index (χ2n) is 7.45. The third-order valence-electron chi connectivity index (χ3n) is 5.39. The van der Waals surface area contributed by atoms with Gasteiger partial charge in [-0.3, -0.25) is 4.31 Å². The summed E-state index contributed by atoms with van der Waals surface area (Å²) in [5.74, 6) is 0. The number of fused-ring (bicyclic) bond motifs is 2. The second kappa shape index (κ2) is 12.0. The molecule has 8 heteroatoms. The number of benzene rings is 2. The van der Waals surface area contributed by atoms with E-state index in [1.165, 1.54) is 36.4 Å². The van der Waals surface area contributed by atoms with Gasteiger partial charge >= 0.3 is 6.15 Å². The summed E-state index contributed by atoms with van der Waals surface area (Å²) in [5.41, 5.74) is 2.38. The van der Waals surface area contributed by atoms with Crippen LogP contribution in [0.4, 0.5) is 5.69 Å². The smallest absolute Gasteiger partial charge is 0.306 e. The van der Waals surface area contributed by atoms with Crippen molar-refractivity contribution in [2.45, 2.75) is 56.4 Å². The second-order valence-corrected chi connectivity index (χ2v) is 9.83. The molecule has 0 aromatic heterocycles. The van der Waals surface area contributed by atoms with Crippen LogP contribution in [-0.2, 0) is 19.6 Å². The van der Waals surface area contributed by atoms with Crippen LogP contribution in [0.25, 0.3) is 0 Å². The Bertz CT molecular complexity index is 1000. The molecule has 1 unspecified atom stereocenters. The Hall–Kier alpha value is -2.18. The molecule has 1 heterocycles. The van der Waals surface area contributed by atoms with E-state index in [0.29, 0.717) is 15.6 Å². The lowest BCUT2D eigenvalue weighted by atomic mass is 9.96. The molecule has 3 rings (SSSR count). The van der Waals surface area contributed by atoms with Gasteiger partial charge in [0.25, 0.3) is 10.0 Å². The Kier molecular flexibility index (Phi) is 9.72. The third-order valence-corrected chi connectivity index (χ3v) is 7.47. The molecule has 0 aliphatic carbocycles. The minimum atomic E-state index is -3.63. The number of sulfonamides is 1. The average Bonchev–Trinajstić information content (AvgIpc) is 2.81. The van der Waals surface area contributed by atoms with Crippen LogP contribution in [0.1, 0.15) is 62.6 Å². The lowest BCUT2D eigenvalue weighted by Crippen LogP contribution is -2.26. The number of nitrogens with zero attached hydrogens (tertiary/aromatic N) is 1. The highest BCUT2D eigenvalue weighted by molar-refractivity contribution is 7.92. The van der Waals surface area contributed by atoms with Gasteiger partial charge in [-0.05, 0) is 48.4 Å². The molecule has 1 aliphatic rings. The fraction of sp³-hybridized carbons (Fsp3) is 0.435. The first-order valence-electron chi connectivity index (χ1n) is 10.5. The van der Waals surface area contributed by atoms with Crippen molar-refractivity contribution in [1.29, 1.82) is 0 Å². The Morgan fingerprint density at radius 3 is 2.35 bits per heavy atom. The van der Waals surface area contributed by atoms with E-state index >= 15 is 0 Å². The molecular weight excluding hydrogens is 436 g/mol. The highest BCUT2D eigenvalue weighted by Gasteiger charge is 2.34. The summed E-state index contributed by atoms with van der Waals surface area (Å²) in [6.45, 7) is 3.06. The molecule has 0 spiro atoms. The molecule has 0 saturated heterocycles. The van der Waals surface area contributed by atoms with Gasteiger partial charge in [0, 0.05) is 12.1 Å². The highest BCUT2D eigenvalue weighted by Crippen LogP contribution is 2.40. The molecule has 0 amide bonds. The molecule has 0 saturated carbocycles.